The van der Waals surface area contributed by atoms with Gasteiger partial charge in [0, 0.05) is 56.7 Å². The molecular weight excluding hydrogens is 380 g/mol. The zero-order valence-electron chi connectivity index (χ0n) is 18.9. The largest absolute Gasteiger partial charge is 0.369 e. The van der Waals surface area contributed by atoms with Gasteiger partial charge >= 0.3 is 0 Å². The van der Waals surface area contributed by atoms with Crippen molar-refractivity contribution in [3.8, 4) is 0 Å². The molecule has 160 valence electrons. The molecule has 2 aliphatic rings. The molecular formula is C27H32N4. The molecule has 1 aliphatic carbocycles. The highest BCUT2D eigenvalue weighted by Gasteiger charge is 2.23. The molecule has 2 heterocycles. The van der Waals surface area contributed by atoms with Crippen LogP contribution in [0.4, 0.5) is 5.69 Å². The molecule has 5 rings (SSSR count). The van der Waals surface area contributed by atoms with Gasteiger partial charge in [-0.3, -0.25) is 9.58 Å². The summed E-state index contributed by atoms with van der Waals surface area (Å²) in [5.74, 6) is 0. The summed E-state index contributed by atoms with van der Waals surface area (Å²) in [5.41, 5.74) is 9.46. The van der Waals surface area contributed by atoms with Gasteiger partial charge in [0.05, 0.1) is 6.20 Å². The molecule has 0 unspecified atom stereocenters. The topological polar surface area (TPSA) is 24.3 Å². The Hall–Kier alpha value is -2.85. The highest BCUT2D eigenvalue weighted by molar-refractivity contribution is 6.00. The second-order valence-corrected chi connectivity index (χ2v) is 9.08. The van der Waals surface area contributed by atoms with Crippen molar-refractivity contribution in [2.45, 2.75) is 32.7 Å². The molecule has 1 saturated heterocycles. The predicted molar refractivity (Wildman–Crippen MR) is 129 cm³/mol. The van der Waals surface area contributed by atoms with E-state index in [9.17, 15) is 0 Å². The second-order valence-electron chi connectivity index (χ2n) is 9.08. The number of anilines is 1. The van der Waals surface area contributed by atoms with Crippen molar-refractivity contribution in [2.24, 2.45) is 7.05 Å². The number of allylic oxidation sites excluding steroid dienone is 1. The van der Waals surface area contributed by atoms with Gasteiger partial charge in [-0.1, -0.05) is 36.4 Å². The molecule has 31 heavy (non-hydrogen) atoms. The molecule has 3 aromatic rings. The van der Waals surface area contributed by atoms with Crippen LogP contribution in [0.15, 0.2) is 60.9 Å². The first-order valence-electron chi connectivity index (χ1n) is 11.5. The van der Waals surface area contributed by atoms with Crippen LogP contribution >= 0.6 is 0 Å². The molecule has 0 saturated carbocycles. The van der Waals surface area contributed by atoms with E-state index in [1.807, 2.05) is 17.9 Å². The smallest absolute Gasteiger partial charge is 0.0565 e. The summed E-state index contributed by atoms with van der Waals surface area (Å²) in [4.78, 5) is 5.09. The fourth-order valence-corrected chi connectivity index (χ4v) is 5.06. The summed E-state index contributed by atoms with van der Waals surface area (Å²) in [7, 11) is 1.99. The Morgan fingerprint density at radius 3 is 2.26 bits per heavy atom. The van der Waals surface area contributed by atoms with E-state index in [0.29, 0.717) is 6.04 Å². The van der Waals surface area contributed by atoms with E-state index in [4.69, 9.17) is 0 Å². The number of hydrogen-bond donors (Lipinski definition) is 0. The molecule has 0 spiro atoms. The third-order valence-corrected chi connectivity index (χ3v) is 6.85. The lowest BCUT2D eigenvalue weighted by Crippen LogP contribution is -2.48. The molecule has 0 atom stereocenters. The average Bonchev–Trinajstić information content (AvgIpc) is 3.24. The minimum atomic E-state index is 0.633. The number of aryl methyl sites for hydroxylation is 2. The first kappa shape index (κ1) is 20.1. The van der Waals surface area contributed by atoms with Crippen LogP contribution in [0, 0.1) is 0 Å². The third-order valence-electron chi connectivity index (χ3n) is 6.85. The standard InChI is InChI=1S/C27H32N4/c1-20(2)30-14-16-31(17-15-30)24-11-8-22(9-12-24)27-25-7-5-4-6-21(25)10-13-26(27)23-18-28-29(3)19-23/h4-9,11-12,18-20H,10,13-17H2,1-3H3. The third kappa shape index (κ3) is 3.92. The lowest BCUT2D eigenvalue weighted by molar-refractivity contribution is 0.209. The number of fused-ring (bicyclic) bond motifs is 1. The Bertz CT molecular complexity index is 1080. The van der Waals surface area contributed by atoms with Crippen molar-refractivity contribution < 1.29 is 0 Å². The lowest BCUT2D eigenvalue weighted by Gasteiger charge is -2.38. The molecule has 4 nitrogen and oxygen atoms in total. The predicted octanol–water partition coefficient (Wildman–Crippen LogP) is 4.86. The van der Waals surface area contributed by atoms with Gasteiger partial charge in [0.15, 0.2) is 0 Å². The maximum Gasteiger partial charge on any atom is 0.0565 e. The number of hydrogen-bond acceptors (Lipinski definition) is 3. The number of benzene rings is 2. The maximum atomic E-state index is 4.44. The van der Waals surface area contributed by atoms with Crippen molar-refractivity contribution in [3.63, 3.8) is 0 Å². The van der Waals surface area contributed by atoms with E-state index in [1.54, 1.807) is 0 Å². The van der Waals surface area contributed by atoms with E-state index < -0.39 is 0 Å². The molecule has 4 heteroatoms. The second kappa shape index (κ2) is 8.35. The minimum absolute atomic E-state index is 0.633. The molecule has 0 radical (unpaired) electrons. The van der Waals surface area contributed by atoms with Gasteiger partial charge in [-0.2, -0.15) is 5.10 Å². The van der Waals surface area contributed by atoms with Gasteiger partial charge in [-0.25, -0.2) is 0 Å². The summed E-state index contributed by atoms with van der Waals surface area (Å²) < 4.78 is 1.90. The van der Waals surface area contributed by atoms with Crippen LogP contribution < -0.4 is 4.90 Å². The Morgan fingerprint density at radius 2 is 1.58 bits per heavy atom. The average molecular weight is 413 g/mol. The summed E-state index contributed by atoms with van der Waals surface area (Å²) in [6.45, 7) is 9.07. The summed E-state index contributed by atoms with van der Waals surface area (Å²) in [5, 5.41) is 4.44. The van der Waals surface area contributed by atoms with E-state index in [1.165, 1.54) is 39.1 Å². The Kier molecular flexibility index (Phi) is 5.41. The first-order valence-corrected chi connectivity index (χ1v) is 11.5. The van der Waals surface area contributed by atoms with Gasteiger partial charge in [-0.05, 0) is 66.7 Å². The SMILES string of the molecule is CC(C)N1CCN(c2ccc(C3=C(c4cnn(C)c4)CCc4ccccc43)cc2)CC1. The summed E-state index contributed by atoms with van der Waals surface area (Å²) in [6, 6.07) is 18.8. The van der Waals surface area contributed by atoms with Crippen molar-refractivity contribution >= 4 is 16.8 Å². The van der Waals surface area contributed by atoms with Crippen LogP contribution in [-0.2, 0) is 13.5 Å². The Balaban J connectivity index is 1.49. The monoisotopic (exact) mass is 412 g/mol. The van der Waals surface area contributed by atoms with E-state index in [2.05, 4.69) is 83.5 Å². The number of rotatable bonds is 4. The van der Waals surface area contributed by atoms with E-state index in [0.717, 1.165) is 39.0 Å². The van der Waals surface area contributed by atoms with Gasteiger partial charge in [0.1, 0.15) is 0 Å². The quantitative estimate of drug-likeness (QED) is 0.612. The lowest BCUT2D eigenvalue weighted by atomic mass is 9.80. The fourth-order valence-electron chi connectivity index (χ4n) is 5.06. The molecule has 0 bridgehead atoms. The highest BCUT2D eigenvalue weighted by Crippen LogP contribution is 2.40. The van der Waals surface area contributed by atoms with E-state index in [-0.39, 0.29) is 0 Å². The van der Waals surface area contributed by atoms with Crippen LogP contribution in [0.1, 0.15) is 42.5 Å². The summed E-state index contributed by atoms with van der Waals surface area (Å²) >= 11 is 0. The van der Waals surface area contributed by atoms with Gasteiger partial charge < -0.3 is 4.90 Å². The van der Waals surface area contributed by atoms with Crippen LogP contribution in [0.5, 0.6) is 0 Å². The number of aromatic nitrogens is 2. The Labute approximate surface area is 185 Å². The molecule has 1 fully saturated rings. The highest BCUT2D eigenvalue weighted by atomic mass is 15.3. The Morgan fingerprint density at radius 1 is 0.839 bits per heavy atom. The van der Waals surface area contributed by atoms with Gasteiger partial charge in [-0.15, -0.1) is 0 Å². The van der Waals surface area contributed by atoms with Crippen molar-refractivity contribution in [1.29, 1.82) is 0 Å². The van der Waals surface area contributed by atoms with Crippen LogP contribution in [-0.4, -0.2) is 46.9 Å². The zero-order chi connectivity index (χ0) is 21.4. The molecule has 1 aromatic heterocycles. The van der Waals surface area contributed by atoms with Gasteiger partial charge in [0.25, 0.3) is 0 Å². The van der Waals surface area contributed by atoms with Crippen LogP contribution in [0.3, 0.4) is 0 Å². The maximum absolute atomic E-state index is 4.44. The van der Waals surface area contributed by atoms with Crippen molar-refractivity contribution in [1.82, 2.24) is 14.7 Å². The summed E-state index contributed by atoms with van der Waals surface area (Å²) in [6.07, 6.45) is 6.29. The van der Waals surface area contributed by atoms with Gasteiger partial charge in [0.2, 0.25) is 0 Å². The molecule has 1 aliphatic heterocycles. The zero-order valence-corrected chi connectivity index (χ0v) is 18.9. The molecule has 0 N–H and O–H groups in total. The first-order chi connectivity index (χ1) is 15.1. The number of piperazine rings is 1. The fraction of sp³-hybridized carbons (Fsp3) is 0.370. The number of nitrogens with zero attached hydrogens (tertiary/aromatic N) is 4. The van der Waals surface area contributed by atoms with Crippen molar-refractivity contribution in [3.05, 3.63) is 83.2 Å². The van der Waals surface area contributed by atoms with Crippen LogP contribution in [0.2, 0.25) is 0 Å². The normalized spacial score (nSPS) is 17.4. The van der Waals surface area contributed by atoms with Crippen molar-refractivity contribution in [2.75, 3.05) is 31.1 Å². The minimum Gasteiger partial charge on any atom is -0.369 e. The molecule has 0 amide bonds. The molecule has 2 aromatic carbocycles. The van der Waals surface area contributed by atoms with E-state index >= 15 is 0 Å². The van der Waals surface area contributed by atoms with Crippen LogP contribution in [0.25, 0.3) is 11.1 Å².